The molecule has 0 saturated heterocycles. The standard InChI is InChI=1S/C10H13BrO2.Na/c1-9(8(12)13)4-3-6-7(11)5-10(6,9)2;/h5-6H,3-4H2,1-2H3,(H,12,13);/q;+1/p-1. The first kappa shape index (κ1) is 12.8. The van der Waals surface area contributed by atoms with Gasteiger partial charge in [-0.25, -0.2) is 0 Å². The molecule has 3 unspecified atom stereocenters. The van der Waals surface area contributed by atoms with Crippen molar-refractivity contribution in [3.63, 3.8) is 0 Å². The third-order valence-electron chi connectivity index (χ3n) is 4.07. The van der Waals surface area contributed by atoms with E-state index in [-0.39, 0.29) is 35.0 Å². The monoisotopic (exact) mass is 266 g/mol. The molecule has 2 aliphatic rings. The summed E-state index contributed by atoms with van der Waals surface area (Å²) in [5, 5.41) is 11.1. The van der Waals surface area contributed by atoms with Gasteiger partial charge in [0.15, 0.2) is 0 Å². The number of carbonyl (C=O) groups excluding carboxylic acids is 1. The van der Waals surface area contributed by atoms with Crippen LogP contribution in [-0.4, -0.2) is 5.97 Å². The van der Waals surface area contributed by atoms with Crippen LogP contribution >= 0.6 is 15.9 Å². The third kappa shape index (κ3) is 1.29. The van der Waals surface area contributed by atoms with Crippen molar-refractivity contribution in [1.82, 2.24) is 0 Å². The Balaban J connectivity index is 0.000000980. The third-order valence-corrected chi connectivity index (χ3v) is 4.85. The number of allylic oxidation sites excluding steroid dienone is 2. The van der Waals surface area contributed by atoms with Gasteiger partial charge in [0, 0.05) is 16.8 Å². The smallest absolute Gasteiger partial charge is 0.550 e. The second-order valence-corrected chi connectivity index (χ2v) is 5.44. The van der Waals surface area contributed by atoms with Crippen LogP contribution in [0.25, 0.3) is 0 Å². The molecule has 2 nitrogen and oxygen atoms in total. The molecule has 0 N–H and O–H groups in total. The number of carboxylic acid groups (broad SMARTS) is 1. The summed E-state index contributed by atoms with van der Waals surface area (Å²) in [4.78, 5) is 11.1. The maximum Gasteiger partial charge on any atom is 1.00 e. The van der Waals surface area contributed by atoms with Gasteiger partial charge in [-0.2, -0.15) is 0 Å². The van der Waals surface area contributed by atoms with Gasteiger partial charge in [0.05, 0.1) is 0 Å². The molecule has 1 saturated carbocycles. The van der Waals surface area contributed by atoms with E-state index in [9.17, 15) is 9.90 Å². The Morgan fingerprint density at radius 1 is 1.64 bits per heavy atom. The predicted octanol–water partition coefficient (Wildman–Crippen LogP) is -1.54. The molecule has 1 fully saturated rings. The Hall–Kier alpha value is 0.690. The van der Waals surface area contributed by atoms with Gasteiger partial charge in [-0.15, -0.1) is 0 Å². The Morgan fingerprint density at radius 2 is 2.21 bits per heavy atom. The molecule has 0 bridgehead atoms. The fourth-order valence-electron chi connectivity index (χ4n) is 2.68. The van der Waals surface area contributed by atoms with Gasteiger partial charge in [0.2, 0.25) is 0 Å². The van der Waals surface area contributed by atoms with E-state index in [1.807, 2.05) is 13.0 Å². The zero-order valence-corrected chi connectivity index (χ0v) is 12.3. The Bertz CT molecular complexity index is 315. The molecule has 0 amide bonds. The maximum atomic E-state index is 11.1. The average Bonchev–Trinajstić information content (AvgIpc) is 2.22. The summed E-state index contributed by atoms with van der Waals surface area (Å²) in [5.74, 6) is -0.510. The van der Waals surface area contributed by atoms with Gasteiger partial charge >= 0.3 is 29.6 Å². The largest absolute Gasteiger partial charge is 1.00 e. The molecule has 0 radical (unpaired) electrons. The number of hydrogen-bond acceptors (Lipinski definition) is 2. The molecular formula is C10H12BrNaO2. The molecule has 0 aromatic carbocycles. The van der Waals surface area contributed by atoms with Crippen molar-refractivity contribution in [2.75, 3.05) is 0 Å². The molecule has 72 valence electrons. The summed E-state index contributed by atoms with van der Waals surface area (Å²) in [6.07, 6.45) is 3.71. The quantitative estimate of drug-likeness (QED) is 0.540. The summed E-state index contributed by atoms with van der Waals surface area (Å²) < 4.78 is 1.17. The molecule has 2 rings (SSSR count). The number of carboxylic acids is 1. The van der Waals surface area contributed by atoms with Crippen molar-refractivity contribution in [2.24, 2.45) is 16.7 Å². The minimum absolute atomic E-state index is 0. The first-order chi connectivity index (χ1) is 5.92. The van der Waals surface area contributed by atoms with Gasteiger partial charge in [-0.3, -0.25) is 0 Å². The summed E-state index contributed by atoms with van der Waals surface area (Å²) in [5.41, 5.74) is -0.862. The summed E-state index contributed by atoms with van der Waals surface area (Å²) in [7, 11) is 0. The first-order valence-electron chi connectivity index (χ1n) is 4.51. The van der Waals surface area contributed by atoms with Gasteiger partial charge in [0.1, 0.15) is 0 Å². The second-order valence-electron chi connectivity index (χ2n) is 4.52. The van der Waals surface area contributed by atoms with E-state index in [2.05, 4.69) is 15.9 Å². The van der Waals surface area contributed by atoms with Crippen LogP contribution in [0.2, 0.25) is 0 Å². The normalized spacial score (nSPS) is 44.5. The van der Waals surface area contributed by atoms with Gasteiger partial charge in [-0.1, -0.05) is 35.9 Å². The zero-order valence-electron chi connectivity index (χ0n) is 8.76. The molecule has 0 aromatic heterocycles. The Morgan fingerprint density at radius 3 is 2.57 bits per heavy atom. The number of halogens is 1. The van der Waals surface area contributed by atoms with Gasteiger partial charge < -0.3 is 9.90 Å². The number of fused-ring (bicyclic) bond motifs is 1. The SMILES string of the molecule is CC1(C(=O)[O-])CCC2C(Br)=CC21C.[Na+]. The van der Waals surface area contributed by atoms with Crippen LogP contribution in [0.15, 0.2) is 10.6 Å². The summed E-state index contributed by atoms with van der Waals surface area (Å²) >= 11 is 3.45. The molecule has 4 heteroatoms. The number of rotatable bonds is 1. The van der Waals surface area contributed by atoms with E-state index >= 15 is 0 Å². The van der Waals surface area contributed by atoms with Crippen LogP contribution in [-0.2, 0) is 4.79 Å². The van der Waals surface area contributed by atoms with Crippen molar-refractivity contribution in [3.8, 4) is 0 Å². The minimum Gasteiger partial charge on any atom is -0.550 e. The molecular weight excluding hydrogens is 255 g/mol. The van der Waals surface area contributed by atoms with E-state index in [0.717, 1.165) is 12.8 Å². The number of hydrogen-bond donors (Lipinski definition) is 0. The fraction of sp³-hybridized carbons (Fsp3) is 0.700. The van der Waals surface area contributed by atoms with Crippen LogP contribution in [0.3, 0.4) is 0 Å². The molecule has 2 aliphatic carbocycles. The molecule has 0 heterocycles. The Kier molecular flexibility index (Phi) is 3.30. The fourth-order valence-corrected chi connectivity index (χ4v) is 3.86. The van der Waals surface area contributed by atoms with E-state index < -0.39 is 11.4 Å². The molecule has 14 heavy (non-hydrogen) atoms. The van der Waals surface area contributed by atoms with E-state index in [1.54, 1.807) is 6.92 Å². The minimum atomic E-state index is -0.909. The molecule has 0 spiro atoms. The van der Waals surface area contributed by atoms with Crippen LogP contribution in [0, 0.1) is 16.7 Å². The van der Waals surface area contributed by atoms with Crippen molar-refractivity contribution in [1.29, 1.82) is 0 Å². The number of carbonyl (C=O) groups is 1. The Labute approximate surface area is 115 Å². The second kappa shape index (κ2) is 3.62. The molecule has 3 atom stereocenters. The van der Waals surface area contributed by atoms with E-state index in [4.69, 9.17) is 0 Å². The summed E-state index contributed by atoms with van der Waals surface area (Å²) in [6.45, 7) is 3.82. The maximum absolute atomic E-state index is 11.1. The number of aliphatic carboxylic acids is 1. The predicted molar refractivity (Wildman–Crippen MR) is 51.0 cm³/mol. The van der Waals surface area contributed by atoms with Crippen molar-refractivity contribution < 1.29 is 39.5 Å². The van der Waals surface area contributed by atoms with Crippen LogP contribution in [0.4, 0.5) is 0 Å². The van der Waals surface area contributed by atoms with Crippen LogP contribution in [0.1, 0.15) is 26.7 Å². The zero-order chi connectivity index (χ0) is 9.85. The van der Waals surface area contributed by atoms with E-state index in [1.165, 1.54) is 4.48 Å². The molecule has 0 aromatic rings. The first-order valence-corrected chi connectivity index (χ1v) is 5.31. The van der Waals surface area contributed by atoms with Gasteiger partial charge in [-0.05, 0) is 23.2 Å². The average molecular weight is 267 g/mol. The van der Waals surface area contributed by atoms with Crippen LogP contribution in [0.5, 0.6) is 0 Å². The van der Waals surface area contributed by atoms with Crippen molar-refractivity contribution >= 4 is 21.9 Å². The van der Waals surface area contributed by atoms with E-state index in [0.29, 0.717) is 5.92 Å². The summed E-state index contributed by atoms with van der Waals surface area (Å²) in [6, 6.07) is 0. The van der Waals surface area contributed by atoms with Crippen LogP contribution < -0.4 is 34.7 Å². The van der Waals surface area contributed by atoms with Crippen molar-refractivity contribution in [2.45, 2.75) is 26.7 Å². The van der Waals surface area contributed by atoms with Crippen molar-refractivity contribution in [3.05, 3.63) is 10.6 Å². The van der Waals surface area contributed by atoms with Gasteiger partial charge in [0.25, 0.3) is 0 Å². The topological polar surface area (TPSA) is 40.1 Å². The molecule has 0 aliphatic heterocycles.